The van der Waals surface area contributed by atoms with E-state index in [4.69, 9.17) is 9.47 Å². The number of ketones is 1. The van der Waals surface area contributed by atoms with Gasteiger partial charge in [-0.15, -0.1) is 0 Å². The fourth-order valence-electron chi connectivity index (χ4n) is 3.18. The first-order chi connectivity index (χ1) is 13.6. The molecule has 0 spiro atoms. The molecule has 0 radical (unpaired) electrons. The smallest absolute Gasteiger partial charge is 0.223 e. The van der Waals surface area contributed by atoms with Crippen molar-refractivity contribution >= 4 is 11.7 Å². The van der Waals surface area contributed by atoms with Crippen LogP contribution in [0.5, 0.6) is 5.75 Å². The Morgan fingerprint density at radius 1 is 1.11 bits per heavy atom. The Kier molecular flexibility index (Phi) is 6.76. The van der Waals surface area contributed by atoms with Crippen molar-refractivity contribution in [1.29, 1.82) is 0 Å². The van der Waals surface area contributed by atoms with Crippen LogP contribution in [0.1, 0.15) is 41.8 Å². The van der Waals surface area contributed by atoms with E-state index < -0.39 is 0 Å². The molecule has 6 heteroatoms. The SMILES string of the molecule is CCOc1ccc(C(=O)CCC(=O)N2CCOC(c3ccc(F)cc3)C2)cc1. The highest BCUT2D eigenvalue weighted by atomic mass is 19.1. The number of amides is 1. The lowest BCUT2D eigenvalue weighted by molar-refractivity contribution is -0.139. The maximum Gasteiger partial charge on any atom is 0.223 e. The van der Waals surface area contributed by atoms with Gasteiger partial charge in [0.05, 0.1) is 19.8 Å². The van der Waals surface area contributed by atoms with E-state index in [0.717, 1.165) is 11.3 Å². The molecule has 28 heavy (non-hydrogen) atoms. The Morgan fingerprint density at radius 2 is 1.82 bits per heavy atom. The largest absolute Gasteiger partial charge is 0.494 e. The van der Waals surface area contributed by atoms with Crippen LogP contribution in [0.25, 0.3) is 0 Å². The van der Waals surface area contributed by atoms with Crippen LogP contribution in [0.3, 0.4) is 0 Å². The van der Waals surface area contributed by atoms with Gasteiger partial charge in [-0.05, 0) is 48.9 Å². The lowest BCUT2D eigenvalue weighted by Gasteiger charge is -2.33. The zero-order valence-electron chi connectivity index (χ0n) is 15.9. The maximum absolute atomic E-state index is 13.1. The maximum atomic E-state index is 13.1. The van der Waals surface area contributed by atoms with Crippen LogP contribution in [0.4, 0.5) is 4.39 Å². The summed E-state index contributed by atoms with van der Waals surface area (Å²) < 4.78 is 24.2. The van der Waals surface area contributed by atoms with Crippen molar-refractivity contribution < 1.29 is 23.5 Å². The highest BCUT2D eigenvalue weighted by molar-refractivity contribution is 5.98. The highest BCUT2D eigenvalue weighted by Gasteiger charge is 2.25. The molecule has 1 heterocycles. The minimum Gasteiger partial charge on any atom is -0.494 e. The molecular weight excluding hydrogens is 361 g/mol. The molecule has 1 atom stereocenters. The second kappa shape index (κ2) is 9.46. The van der Waals surface area contributed by atoms with Gasteiger partial charge in [-0.25, -0.2) is 4.39 Å². The summed E-state index contributed by atoms with van der Waals surface area (Å²) in [6, 6.07) is 13.1. The van der Waals surface area contributed by atoms with Crippen molar-refractivity contribution in [2.45, 2.75) is 25.9 Å². The van der Waals surface area contributed by atoms with Crippen LogP contribution < -0.4 is 4.74 Å². The van der Waals surface area contributed by atoms with Crippen LogP contribution in [0.15, 0.2) is 48.5 Å². The number of carbonyl (C=O) groups excluding carboxylic acids is 2. The molecule has 0 N–H and O–H groups in total. The lowest BCUT2D eigenvalue weighted by atomic mass is 10.0. The van der Waals surface area contributed by atoms with E-state index in [-0.39, 0.29) is 36.5 Å². The van der Waals surface area contributed by atoms with Crippen molar-refractivity contribution in [1.82, 2.24) is 4.90 Å². The van der Waals surface area contributed by atoms with Crippen LogP contribution in [-0.4, -0.2) is 42.9 Å². The van der Waals surface area contributed by atoms with Gasteiger partial charge >= 0.3 is 0 Å². The molecule has 1 unspecified atom stereocenters. The van der Waals surface area contributed by atoms with Gasteiger partial charge in [-0.1, -0.05) is 12.1 Å². The molecule has 0 aromatic heterocycles. The topological polar surface area (TPSA) is 55.8 Å². The zero-order valence-corrected chi connectivity index (χ0v) is 15.9. The molecular formula is C22H24FNO4. The summed E-state index contributed by atoms with van der Waals surface area (Å²) in [7, 11) is 0. The Morgan fingerprint density at radius 3 is 2.50 bits per heavy atom. The van der Waals surface area contributed by atoms with Gasteiger partial charge in [-0.2, -0.15) is 0 Å². The Balaban J connectivity index is 1.52. The predicted octanol–water partition coefficient (Wildman–Crippen LogP) is 3.79. The van der Waals surface area contributed by atoms with Gasteiger partial charge in [0.1, 0.15) is 17.7 Å². The number of hydrogen-bond donors (Lipinski definition) is 0. The first-order valence-electron chi connectivity index (χ1n) is 9.47. The molecule has 5 nitrogen and oxygen atoms in total. The molecule has 2 aromatic rings. The van der Waals surface area contributed by atoms with Crippen LogP contribution in [0.2, 0.25) is 0 Å². The first-order valence-corrected chi connectivity index (χ1v) is 9.47. The van der Waals surface area contributed by atoms with E-state index >= 15 is 0 Å². The zero-order chi connectivity index (χ0) is 19.9. The van der Waals surface area contributed by atoms with Gasteiger partial charge < -0.3 is 14.4 Å². The average molecular weight is 385 g/mol. The Bertz CT molecular complexity index is 804. The number of morpholine rings is 1. The van der Waals surface area contributed by atoms with Gasteiger partial charge in [0.25, 0.3) is 0 Å². The number of carbonyl (C=O) groups is 2. The average Bonchev–Trinajstić information content (AvgIpc) is 2.73. The van der Waals surface area contributed by atoms with E-state index in [1.54, 1.807) is 41.3 Å². The molecule has 148 valence electrons. The summed E-state index contributed by atoms with van der Waals surface area (Å²) in [6.45, 7) is 3.79. The number of ether oxygens (including phenoxy) is 2. The quantitative estimate of drug-likeness (QED) is 0.681. The van der Waals surface area contributed by atoms with Crippen molar-refractivity contribution in [2.75, 3.05) is 26.3 Å². The van der Waals surface area contributed by atoms with Crippen LogP contribution in [0, 0.1) is 5.82 Å². The number of Topliss-reactive ketones (excluding diaryl/α,β-unsaturated/α-hetero) is 1. The van der Waals surface area contributed by atoms with E-state index in [1.807, 2.05) is 6.92 Å². The monoisotopic (exact) mass is 385 g/mol. The molecule has 2 aromatic carbocycles. The molecule has 3 rings (SSSR count). The standard InChI is InChI=1S/C22H24FNO4/c1-2-27-19-9-5-16(6-10-19)20(25)11-12-22(26)24-13-14-28-21(15-24)17-3-7-18(23)8-4-17/h3-10,21H,2,11-15H2,1H3. The molecule has 0 saturated carbocycles. The third-order valence-corrected chi connectivity index (χ3v) is 4.71. The molecule has 1 fully saturated rings. The van der Waals surface area contributed by atoms with Crippen molar-refractivity contribution in [3.05, 3.63) is 65.5 Å². The summed E-state index contributed by atoms with van der Waals surface area (Å²) in [5.41, 5.74) is 1.41. The van der Waals surface area contributed by atoms with E-state index in [2.05, 4.69) is 0 Å². The molecule has 1 aliphatic heterocycles. The van der Waals surface area contributed by atoms with Crippen LogP contribution in [-0.2, 0) is 9.53 Å². The fraction of sp³-hybridized carbons (Fsp3) is 0.364. The molecule has 0 aliphatic carbocycles. The highest BCUT2D eigenvalue weighted by Crippen LogP contribution is 2.23. The van der Waals surface area contributed by atoms with Gasteiger partial charge in [0.2, 0.25) is 5.91 Å². The number of hydrogen-bond acceptors (Lipinski definition) is 4. The minimum absolute atomic E-state index is 0.0697. The summed E-state index contributed by atoms with van der Waals surface area (Å²) in [6.07, 6.45) is 0.0354. The van der Waals surface area contributed by atoms with Gasteiger partial charge in [-0.3, -0.25) is 9.59 Å². The number of benzene rings is 2. The number of rotatable bonds is 7. The second-order valence-electron chi connectivity index (χ2n) is 6.63. The summed E-state index contributed by atoms with van der Waals surface area (Å²) in [4.78, 5) is 26.6. The molecule has 0 bridgehead atoms. The second-order valence-corrected chi connectivity index (χ2v) is 6.63. The van der Waals surface area contributed by atoms with E-state index in [1.165, 1.54) is 12.1 Å². The Hall–Kier alpha value is -2.73. The minimum atomic E-state index is -0.305. The van der Waals surface area contributed by atoms with Crippen molar-refractivity contribution in [2.24, 2.45) is 0 Å². The first kappa shape index (κ1) is 20.0. The summed E-state index contributed by atoms with van der Waals surface area (Å²) in [5.74, 6) is 0.269. The normalized spacial score (nSPS) is 16.6. The van der Waals surface area contributed by atoms with Crippen molar-refractivity contribution in [3.8, 4) is 5.75 Å². The molecule has 1 saturated heterocycles. The number of halogens is 1. The fourth-order valence-corrected chi connectivity index (χ4v) is 3.18. The van der Waals surface area contributed by atoms with E-state index in [9.17, 15) is 14.0 Å². The van der Waals surface area contributed by atoms with Gasteiger partial charge in [0, 0.05) is 24.9 Å². The number of nitrogens with zero attached hydrogens (tertiary/aromatic N) is 1. The molecule has 1 amide bonds. The Labute approximate surface area is 164 Å². The third-order valence-electron chi connectivity index (χ3n) is 4.71. The predicted molar refractivity (Wildman–Crippen MR) is 103 cm³/mol. The van der Waals surface area contributed by atoms with Crippen LogP contribution >= 0.6 is 0 Å². The van der Waals surface area contributed by atoms with E-state index in [0.29, 0.717) is 31.9 Å². The molecule has 1 aliphatic rings. The van der Waals surface area contributed by atoms with Crippen molar-refractivity contribution in [3.63, 3.8) is 0 Å². The lowest BCUT2D eigenvalue weighted by Crippen LogP contribution is -2.42. The third kappa shape index (κ3) is 5.16. The summed E-state index contributed by atoms with van der Waals surface area (Å²) in [5, 5.41) is 0. The van der Waals surface area contributed by atoms with Gasteiger partial charge in [0.15, 0.2) is 5.78 Å². The summed E-state index contributed by atoms with van der Waals surface area (Å²) >= 11 is 0.